The fourth-order valence-electron chi connectivity index (χ4n) is 11.2. The Bertz CT molecular complexity index is 816. The topological polar surface area (TPSA) is 37.3 Å². The van der Waals surface area contributed by atoms with Crippen molar-refractivity contribution in [3.8, 4) is 0 Å². The summed E-state index contributed by atoms with van der Waals surface area (Å²) >= 11 is 0. The Morgan fingerprint density at radius 2 is 1.34 bits per heavy atom. The van der Waals surface area contributed by atoms with Crippen molar-refractivity contribution in [3.05, 3.63) is 0 Å². The Morgan fingerprint density at radius 1 is 0.719 bits per heavy atom. The molecule has 0 bridgehead atoms. The maximum atomic E-state index is 12.7. The van der Waals surface area contributed by atoms with E-state index in [1.54, 1.807) is 0 Å². The highest BCUT2D eigenvalue weighted by atomic mass is 16.3. The van der Waals surface area contributed by atoms with Gasteiger partial charge < -0.3 is 5.11 Å². The van der Waals surface area contributed by atoms with Crippen molar-refractivity contribution < 1.29 is 9.90 Å². The number of aliphatic hydroxyl groups is 1. The van der Waals surface area contributed by atoms with Crippen LogP contribution in [0.5, 0.6) is 0 Å². The molecule has 5 rings (SSSR count). The number of carbonyl (C=O) groups is 1. The third kappa shape index (κ3) is 2.66. The first-order chi connectivity index (χ1) is 14.6. The summed E-state index contributed by atoms with van der Waals surface area (Å²) in [5.41, 5.74) is 1.60. The van der Waals surface area contributed by atoms with E-state index in [4.69, 9.17) is 0 Å². The van der Waals surface area contributed by atoms with Crippen LogP contribution < -0.4 is 0 Å². The van der Waals surface area contributed by atoms with E-state index in [0.717, 1.165) is 25.2 Å². The number of carbonyl (C=O) groups excluding carboxylic acids is 1. The molecular formula is C30H50O2. The Labute approximate surface area is 197 Å². The van der Waals surface area contributed by atoms with Crippen molar-refractivity contribution in [1.82, 2.24) is 0 Å². The van der Waals surface area contributed by atoms with E-state index in [1.807, 2.05) is 0 Å². The lowest BCUT2D eigenvalue weighted by atomic mass is 9.30. The van der Waals surface area contributed by atoms with Gasteiger partial charge in [0.1, 0.15) is 5.78 Å². The molecule has 2 nitrogen and oxygen atoms in total. The van der Waals surface area contributed by atoms with Gasteiger partial charge in [0.25, 0.3) is 0 Å². The maximum absolute atomic E-state index is 12.7. The van der Waals surface area contributed by atoms with Crippen LogP contribution in [0.25, 0.3) is 0 Å². The van der Waals surface area contributed by atoms with Gasteiger partial charge in [-0.25, -0.2) is 0 Å². The highest BCUT2D eigenvalue weighted by molar-refractivity contribution is 5.82. The van der Waals surface area contributed by atoms with Crippen molar-refractivity contribution in [2.24, 2.45) is 56.2 Å². The second kappa shape index (κ2) is 6.64. The second-order valence-corrected chi connectivity index (χ2v) is 15.3. The number of fused-ring (bicyclic) bond motifs is 7. The van der Waals surface area contributed by atoms with Crippen molar-refractivity contribution in [2.75, 3.05) is 0 Å². The molecular weight excluding hydrogens is 392 g/mol. The predicted octanol–water partition coefficient (Wildman–Crippen LogP) is 7.43. The molecule has 2 heteroatoms. The summed E-state index contributed by atoms with van der Waals surface area (Å²) in [6.45, 7) is 19.9. The highest BCUT2D eigenvalue weighted by Gasteiger charge is 2.71. The molecule has 0 spiro atoms. The first-order valence-corrected chi connectivity index (χ1v) is 13.8. The molecule has 182 valence electrons. The first kappa shape index (κ1) is 23.4. The molecule has 0 aliphatic heterocycles. The number of rotatable bonds is 0. The van der Waals surface area contributed by atoms with E-state index in [0.29, 0.717) is 33.9 Å². The molecule has 5 saturated carbocycles. The summed E-state index contributed by atoms with van der Waals surface area (Å²) < 4.78 is 0. The third-order valence-electron chi connectivity index (χ3n) is 13.9. The molecule has 1 N–H and O–H groups in total. The van der Waals surface area contributed by atoms with Crippen LogP contribution in [-0.2, 0) is 4.79 Å². The summed E-state index contributed by atoms with van der Waals surface area (Å²) in [4.78, 5) is 12.7. The van der Waals surface area contributed by atoms with Gasteiger partial charge in [-0.3, -0.25) is 4.79 Å². The van der Waals surface area contributed by atoms with Gasteiger partial charge in [-0.05, 0) is 108 Å². The number of hydrogen-bond donors (Lipinski definition) is 1. The Hall–Kier alpha value is -0.370. The molecule has 0 radical (unpaired) electrons. The van der Waals surface area contributed by atoms with Gasteiger partial charge in [0, 0.05) is 12.3 Å². The molecule has 0 amide bonds. The van der Waals surface area contributed by atoms with E-state index in [1.165, 1.54) is 44.9 Å². The maximum Gasteiger partial charge on any atom is 0.136 e. The SMILES string of the molecule is C[C@H]1C(=O)CC[C@@H]2[C@]1(C)CC[C@H]1[C@@]2(C)CC[C@@]2(C)[C@@H]3CC(C)(C)[C@@H](O)C[C@]3(C)CC[C@]12C. The summed E-state index contributed by atoms with van der Waals surface area (Å²) in [6.07, 6.45) is 11.7. The van der Waals surface area contributed by atoms with Crippen LogP contribution in [0, 0.1) is 56.2 Å². The fraction of sp³-hybridized carbons (Fsp3) is 0.967. The predicted molar refractivity (Wildman–Crippen MR) is 131 cm³/mol. The second-order valence-electron chi connectivity index (χ2n) is 15.3. The molecule has 5 aliphatic rings. The lowest BCUT2D eigenvalue weighted by Gasteiger charge is -2.75. The number of hydrogen-bond acceptors (Lipinski definition) is 2. The van der Waals surface area contributed by atoms with Gasteiger partial charge in [-0.15, -0.1) is 0 Å². The molecule has 5 aliphatic carbocycles. The minimum Gasteiger partial charge on any atom is -0.393 e. The van der Waals surface area contributed by atoms with Gasteiger partial charge >= 0.3 is 0 Å². The van der Waals surface area contributed by atoms with Gasteiger partial charge in [0.2, 0.25) is 0 Å². The van der Waals surface area contributed by atoms with Gasteiger partial charge in [0.05, 0.1) is 6.10 Å². The summed E-state index contributed by atoms with van der Waals surface area (Å²) in [6, 6.07) is 0. The normalized spacial score (nSPS) is 59.4. The lowest BCUT2D eigenvalue weighted by molar-refractivity contribution is -0.264. The third-order valence-corrected chi connectivity index (χ3v) is 13.9. The molecule has 5 fully saturated rings. The summed E-state index contributed by atoms with van der Waals surface area (Å²) in [5.74, 6) is 2.92. The molecule has 32 heavy (non-hydrogen) atoms. The van der Waals surface area contributed by atoms with Gasteiger partial charge in [-0.2, -0.15) is 0 Å². The Morgan fingerprint density at radius 3 is 2.03 bits per heavy atom. The first-order valence-electron chi connectivity index (χ1n) is 13.8. The number of ketones is 1. The van der Waals surface area contributed by atoms with Crippen LogP contribution in [0.15, 0.2) is 0 Å². The van der Waals surface area contributed by atoms with Crippen molar-refractivity contribution in [1.29, 1.82) is 0 Å². The van der Waals surface area contributed by atoms with Crippen LogP contribution in [0.4, 0.5) is 0 Å². The molecule has 0 unspecified atom stereocenters. The van der Waals surface area contributed by atoms with E-state index in [9.17, 15) is 9.90 Å². The Balaban J connectivity index is 1.54. The van der Waals surface area contributed by atoms with Gasteiger partial charge in [0.15, 0.2) is 0 Å². The zero-order valence-corrected chi connectivity index (χ0v) is 22.3. The lowest BCUT2D eigenvalue weighted by Crippen LogP contribution is -2.68. The van der Waals surface area contributed by atoms with Crippen molar-refractivity contribution in [3.63, 3.8) is 0 Å². The van der Waals surface area contributed by atoms with E-state index in [2.05, 4.69) is 55.4 Å². The van der Waals surface area contributed by atoms with Crippen LogP contribution in [0.2, 0.25) is 0 Å². The zero-order chi connectivity index (χ0) is 23.5. The minimum atomic E-state index is -0.165. The average Bonchev–Trinajstić information content (AvgIpc) is 2.70. The quantitative estimate of drug-likeness (QED) is 0.423. The van der Waals surface area contributed by atoms with Crippen LogP contribution in [0.1, 0.15) is 120 Å². The molecule has 10 atom stereocenters. The smallest absolute Gasteiger partial charge is 0.136 e. The molecule has 0 aromatic rings. The van der Waals surface area contributed by atoms with Crippen LogP contribution >= 0.6 is 0 Å². The molecule has 0 aromatic heterocycles. The average molecular weight is 443 g/mol. The van der Waals surface area contributed by atoms with E-state index < -0.39 is 0 Å². The minimum absolute atomic E-state index is 0.0243. The summed E-state index contributed by atoms with van der Waals surface area (Å²) in [5, 5.41) is 11.0. The molecule has 0 heterocycles. The summed E-state index contributed by atoms with van der Waals surface area (Å²) in [7, 11) is 0. The zero-order valence-electron chi connectivity index (χ0n) is 22.3. The van der Waals surface area contributed by atoms with Crippen molar-refractivity contribution >= 4 is 5.78 Å². The number of Topliss-reactive ketones (excluding diaryl/α,β-unsaturated/α-hetero) is 1. The van der Waals surface area contributed by atoms with Crippen LogP contribution in [-0.4, -0.2) is 17.0 Å². The molecule has 0 saturated heterocycles. The van der Waals surface area contributed by atoms with E-state index >= 15 is 0 Å². The van der Waals surface area contributed by atoms with Crippen molar-refractivity contribution in [2.45, 2.75) is 126 Å². The highest BCUT2D eigenvalue weighted by Crippen LogP contribution is 2.78. The molecule has 0 aromatic carbocycles. The largest absolute Gasteiger partial charge is 0.393 e. The standard InChI is InChI=1S/C30H50O2/c1-19-20(31)9-10-21-27(19,5)12-11-22-28(21,6)14-16-30(8)23-17-25(2,3)24(32)18-26(23,4)13-15-29(22,30)7/h19,21-24,32H,9-18H2,1-8H3/t19-,21+,22-,23+,24-,26-,27+,28-,29+,30-/m0/s1. The number of aliphatic hydroxyl groups excluding tert-OH is 1. The van der Waals surface area contributed by atoms with Crippen LogP contribution in [0.3, 0.4) is 0 Å². The monoisotopic (exact) mass is 442 g/mol. The van der Waals surface area contributed by atoms with Gasteiger partial charge in [-0.1, -0.05) is 55.4 Å². The Kier molecular flexibility index (Phi) is 4.85. The fourth-order valence-corrected chi connectivity index (χ4v) is 11.2. The van der Waals surface area contributed by atoms with E-state index in [-0.39, 0.29) is 28.3 Å².